The number of nitrogens with one attached hydrogen (secondary N) is 2. The summed E-state index contributed by atoms with van der Waals surface area (Å²) in [5.41, 5.74) is -0.646. The molecule has 0 aliphatic rings. The molecule has 0 aromatic rings. The first-order valence-corrected chi connectivity index (χ1v) is 5.92. The molecule has 0 rings (SSSR count). The van der Waals surface area contributed by atoms with Crippen molar-refractivity contribution in [3.8, 4) is 0 Å². The lowest BCUT2D eigenvalue weighted by molar-refractivity contribution is -0.139. The molecule has 100 valence electrons. The summed E-state index contributed by atoms with van der Waals surface area (Å²) in [5.74, 6) is 0.190. The first-order chi connectivity index (χ1) is 7.70. The van der Waals surface area contributed by atoms with Crippen molar-refractivity contribution in [2.24, 2.45) is 5.92 Å². The Hall–Kier alpha value is -1.10. The molecule has 5 nitrogen and oxygen atoms in total. The fourth-order valence-corrected chi connectivity index (χ4v) is 1.25. The number of rotatable bonds is 6. The smallest absolute Gasteiger partial charge is 0.242 e. The second-order valence-corrected chi connectivity index (χ2v) is 5.23. The van der Waals surface area contributed by atoms with Gasteiger partial charge in [-0.05, 0) is 26.8 Å². The molecule has 0 radical (unpaired) electrons. The number of hydrogen-bond acceptors (Lipinski definition) is 3. The number of amides is 2. The van der Waals surface area contributed by atoms with Crippen LogP contribution in [-0.2, 0) is 9.59 Å². The number of carbonyl (C=O) groups excluding carboxylic acids is 2. The molecule has 0 bridgehead atoms. The van der Waals surface area contributed by atoms with Crippen LogP contribution in [0, 0.1) is 5.92 Å². The quantitative estimate of drug-likeness (QED) is 0.701. The molecular formula is C12H25N3O2. The molecule has 0 unspecified atom stereocenters. The van der Waals surface area contributed by atoms with Crippen molar-refractivity contribution in [2.75, 3.05) is 27.2 Å². The monoisotopic (exact) mass is 243 g/mol. The van der Waals surface area contributed by atoms with E-state index in [9.17, 15) is 9.59 Å². The van der Waals surface area contributed by atoms with E-state index >= 15 is 0 Å². The lowest BCUT2D eigenvalue weighted by atomic mass is 10.0. The summed E-state index contributed by atoms with van der Waals surface area (Å²) < 4.78 is 0. The maximum Gasteiger partial charge on any atom is 0.242 e. The summed E-state index contributed by atoms with van der Waals surface area (Å²) in [6, 6.07) is 0. The van der Waals surface area contributed by atoms with Gasteiger partial charge in [0.15, 0.2) is 0 Å². The van der Waals surface area contributed by atoms with E-state index in [-0.39, 0.29) is 18.4 Å². The third kappa shape index (κ3) is 5.68. The van der Waals surface area contributed by atoms with E-state index < -0.39 is 5.54 Å². The van der Waals surface area contributed by atoms with Crippen LogP contribution in [0.3, 0.4) is 0 Å². The van der Waals surface area contributed by atoms with Crippen LogP contribution < -0.4 is 10.6 Å². The topological polar surface area (TPSA) is 61.4 Å². The van der Waals surface area contributed by atoms with Gasteiger partial charge in [0.2, 0.25) is 11.8 Å². The van der Waals surface area contributed by atoms with Gasteiger partial charge >= 0.3 is 0 Å². The highest BCUT2D eigenvalue weighted by Crippen LogP contribution is 2.05. The second kappa shape index (κ2) is 6.59. The Morgan fingerprint density at radius 3 is 2.24 bits per heavy atom. The van der Waals surface area contributed by atoms with Crippen LogP contribution in [0.4, 0.5) is 0 Å². The fraction of sp³-hybridized carbons (Fsp3) is 0.833. The van der Waals surface area contributed by atoms with Crippen LogP contribution in [0.15, 0.2) is 0 Å². The Labute approximate surface area is 104 Å². The second-order valence-electron chi connectivity index (χ2n) is 5.23. The van der Waals surface area contributed by atoms with E-state index in [2.05, 4.69) is 10.6 Å². The van der Waals surface area contributed by atoms with E-state index in [4.69, 9.17) is 0 Å². The predicted molar refractivity (Wildman–Crippen MR) is 68.6 cm³/mol. The van der Waals surface area contributed by atoms with Crippen LogP contribution in [0.2, 0.25) is 0 Å². The molecule has 0 fully saturated rings. The molecule has 0 spiro atoms. The SMILES string of the molecule is CNC(C)(C)C(=O)N(C)CC(=O)NCC(C)C. The molecule has 0 aromatic carbocycles. The lowest BCUT2D eigenvalue weighted by Gasteiger charge is -2.28. The Bertz CT molecular complexity index is 275. The van der Waals surface area contributed by atoms with Gasteiger partial charge in [0.1, 0.15) is 0 Å². The Balaban J connectivity index is 4.21. The maximum atomic E-state index is 12.0. The number of nitrogens with zero attached hydrogens (tertiary/aromatic N) is 1. The van der Waals surface area contributed by atoms with Crippen LogP contribution >= 0.6 is 0 Å². The van der Waals surface area contributed by atoms with Gasteiger partial charge in [-0.25, -0.2) is 0 Å². The van der Waals surface area contributed by atoms with Crippen molar-refractivity contribution in [1.82, 2.24) is 15.5 Å². The largest absolute Gasteiger partial charge is 0.354 e. The van der Waals surface area contributed by atoms with Crippen molar-refractivity contribution >= 4 is 11.8 Å². The molecule has 5 heteroatoms. The highest BCUT2D eigenvalue weighted by Gasteiger charge is 2.29. The molecule has 2 N–H and O–H groups in total. The predicted octanol–water partition coefficient (Wildman–Crippen LogP) is 0.215. The van der Waals surface area contributed by atoms with Crippen molar-refractivity contribution < 1.29 is 9.59 Å². The van der Waals surface area contributed by atoms with Gasteiger partial charge in [0.25, 0.3) is 0 Å². The molecule has 0 heterocycles. The van der Waals surface area contributed by atoms with E-state index in [1.54, 1.807) is 27.9 Å². The molecule has 0 aliphatic heterocycles. The molecule has 0 aliphatic carbocycles. The van der Waals surface area contributed by atoms with Crippen LogP contribution in [0.5, 0.6) is 0 Å². The zero-order valence-electron chi connectivity index (χ0n) is 11.8. The van der Waals surface area contributed by atoms with E-state index in [0.29, 0.717) is 12.5 Å². The fourth-order valence-electron chi connectivity index (χ4n) is 1.25. The van der Waals surface area contributed by atoms with Gasteiger partial charge in [0.05, 0.1) is 12.1 Å². The number of likely N-dealkylation sites (N-methyl/N-ethyl adjacent to an activating group) is 2. The molecule has 2 amide bonds. The van der Waals surface area contributed by atoms with Gasteiger partial charge in [0, 0.05) is 13.6 Å². The summed E-state index contributed by atoms with van der Waals surface area (Å²) in [4.78, 5) is 24.9. The average molecular weight is 243 g/mol. The van der Waals surface area contributed by atoms with Gasteiger partial charge < -0.3 is 15.5 Å². The Morgan fingerprint density at radius 1 is 1.29 bits per heavy atom. The van der Waals surface area contributed by atoms with Gasteiger partial charge in [-0.15, -0.1) is 0 Å². The van der Waals surface area contributed by atoms with Crippen molar-refractivity contribution in [1.29, 1.82) is 0 Å². The van der Waals surface area contributed by atoms with Gasteiger partial charge in [-0.3, -0.25) is 9.59 Å². The number of carbonyl (C=O) groups is 2. The average Bonchev–Trinajstić information content (AvgIpc) is 2.25. The van der Waals surface area contributed by atoms with Gasteiger partial charge in [-0.2, -0.15) is 0 Å². The summed E-state index contributed by atoms with van der Waals surface area (Å²) >= 11 is 0. The first kappa shape index (κ1) is 15.9. The Kier molecular flexibility index (Phi) is 6.16. The van der Waals surface area contributed by atoms with Crippen molar-refractivity contribution in [3.63, 3.8) is 0 Å². The lowest BCUT2D eigenvalue weighted by Crippen LogP contribution is -2.53. The van der Waals surface area contributed by atoms with E-state index in [1.807, 2.05) is 13.8 Å². The van der Waals surface area contributed by atoms with Crippen molar-refractivity contribution in [2.45, 2.75) is 33.2 Å². The molecule has 17 heavy (non-hydrogen) atoms. The summed E-state index contributed by atoms with van der Waals surface area (Å²) in [6.45, 7) is 8.36. The van der Waals surface area contributed by atoms with Crippen LogP contribution in [0.25, 0.3) is 0 Å². The summed E-state index contributed by atoms with van der Waals surface area (Å²) in [5, 5.41) is 5.71. The van der Waals surface area contributed by atoms with Crippen LogP contribution in [-0.4, -0.2) is 49.4 Å². The van der Waals surface area contributed by atoms with Crippen LogP contribution in [0.1, 0.15) is 27.7 Å². The summed E-state index contributed by atoms with van der Waals surface area (Å²) in [6.07, 6.45) is 0. The highest BCUT2D eigenvalue weighted by atomic mass is 16.2. The molecule has 0 saturated heterocycles. The normalized spacial score (nSPS) is 11.5. The third-order valence-electron chi connectivity index (χ3n) is 2.59. The number of hydrogen-bond donors (Lipinski definition) is 2. The first-order valence-electron chi connectivity index (χ1n) is 5.92. The zero-order chi connectivity index (χ0) is 13.6. The maximum absolute atomic E-state index is 12.0. The third-order valence-corrected chi connectivity index (χ3v) is 2.59. The Morgan fingerprint density at radius 2 is 1.82 bits per heavy atom. The minimum absolute atomic E-state index is 0.0939. The standard InChI is InChI=1S/C12H25N3O2/c1-9(2)7-14-10(16)8-15(6)11(17)12(3,4)13-5/h9,13H,7-8H2,1-6H3,(H,14,16). The van der Waals surface area contributed by atoms with E-state index in [1.165, 1.54) is 4.90 Å². The molecule has 0 atom stereocenters. The minimum atomic E-state index is -0.646. The molecule has 0 saturated carbocycles. The van der Waals surface area contributed by atoms with Crippen molar-refractivity contribution in [3.05, 3.63) is 0 Å². The highest BCUT2D eigenvalue weighted by molar-refractivity contribution is 5.89. The minimum Gasteiger partial charge on any atom is -0.354 e. The van der Waals surface area contributed by atoms with Gasteiger partial charge in [-0.1, -0.05) is 13.8 Å². The van der Waals surface area contributed by atoms with E-state index in [0.717, 1.165) is 0 Å². The molecular weight excluding hydrogens is 218 g/mol. The summed E-state index contributed by atoms with van der Waals surface area (Å²) in [7, 11) is 3.36. The molecule has 0 aromatic heterocycles. The zero-order valence-corrected chi connectivity index (χ0v) is 11.8.